The number of hydrogen-bond acceptors (Lipinski definition) is 4. The summed E-state index contributed by atoms with van der Waals surface area (Å²) in [6.07, 6.45) is -3.11. The fourth-order valence-corrected chi connectivity index (χ4v) is 3.69. The number of nitriles is 1. The molecule has 0 fully saturated rings. The highest BCUT2D eigenvalue weighted by atomic mass is 19.4. The van der Waals surface area contributed by atoms with Crippen molar-refractivity contribution in [3.8, 4) is 28.8 Å². The van der Waals surface area contributed by atoms with Crippen LogP contribution >= 0.6 is 0 Å². The average molecular weight is 451 g/mol. The van der Waals surface area contributed by atoms with E-state index in [2.05, 4.69) is 5.10 Å². The van der Waals surface area contributed by atoms with Gasteiger partial charge in [0, 0.05) is 6.92 Å². The van der Waals surface area contributed by atoms with Gasteiger partial charge in [0.05, 0.1) is 51.8 Å². The Morgan fingerprint density at radius 2 is 1.76 bits per heavy atom. The molecule has 0 bridgehead atoms. The van der Waals surface area contributed by atoms with Crippen molar-refractivity contribution in [3.63, 3.8) is 0 Å². The number of halogens is 3. The molecule has 166 valence electrons. The van der Waals surface area contributed by atoms with Crippen molar-refractivity contribution < 1.29 is 18.0 Å². The van der Waals surface area contributed by atoms with Crippen LogP contribution in [-0.4, -0.2) is 24.8 Å². The second-order valence-corrected chi connectivity index (χ2v) is 7.24. The zero-order chi connectivity index (χ0) is 23.9. The minimum atomic E-state index is -4.59. The van der Waals surface area contributed by atoms with E-state index >= 15 is 0 Å². The van der Waals surface area contributed by atoms with Gasteiger partial charge in [-0.25, -0.2) is 14.0 Å². The summed E-state index contributed by atoms with van der Waals surface area (Å²) >= 11 is 0. The van der Waals surface area contributed by atoms with E-state index in [4.69, 9.17) is 5.26 Å². The van der Waals surface area contributed by atoms with Crippen molar-refractivity contribution in [2.45, 2.75) is 20.0 Å². The Kier molecular flexibility index (Phi) is 5.25. The quantitative estimate of drug-likeness (QED) is 0.464. The van der Waals surface area contributed by atoms with E-state index in [0.29, 0.717) is 16.9 Å². The highest BCUT2D eigenvalue weighted by Crippen LogP contribution is 2.32. The number of alkyl halides is 3. The molecule has 2 heterocycles. The van der Waals surface area contributed by atoms with E-state index in [1.165, 1.54) is 29.9 Å². The number of aromatic nitrogens is 4. The molecule has 0 amide bonds. The summed E-state index contributed by atoms with van der Waals surface area (Å²) in [6.45, 7) is 2.75. The van der Waals surface area contributed by atoms with Crippen LogP contribution in [0.5, 0.6) is 0 Å². The lowest BCUT2D eigenvalue weighted by Gasteiger charge is -2.11. The van der Waals surface area contributed by atoms with Gasteiger partial charge < -0.3 is 0 Å². The Bertz CT molecular complexity index is 1470. The van der Waals surface area contributed by atoms with Gasteiger partial charge in [-0.15, -0.1) is 0 Å². The molecule has 0 saturated carbocycles. The van der Waals surface area contributed by atoms with Gasteiger partial charge in [0.1, 0.15) is 0 Å². The molecular weight excluding hydrogens is 435 g/mol. The molecular formula is C23H16F3N5O2. The number of carbonyl (C=O) groups excluding carboxylic acids is 1. The van der Waals surface area contributed by atoms with E-state index < -0.39 is 23.3 Å². The summed E-state index contributed by atoms with van der Waals surface area (Å²) < 4.78 is 43.2. The number of imidazole rings is 1. The van der Waals surface area contributed by atoms with Crippen LogP contribution in [0.2, 0.25) is 0 Å². The van der Waals surface area contributed by atoms with Gasteiger partial charge in [-0.2, -0.15) is 23.5 Å². The lowest BCUT2D eigenvalue weighted by atomic mass is 10.2. The van der Waals surface area contributed by atoms with E-state index in [0.717, 1.165) is 21.3 Å². The smallest absolute Gasteiger partial charge is 0.274 e. The molecule has 10 heteroatoms. The van der Waals surface area contributed by atoms with Crippen LogP contribution in [-0.2, 0) is 6.18 Å². The number of carbonyl (C=O) groups is 1. The number of benzene rings is 2. The minimum Gasteiger partial charge on any atom is -0.274 e. The second kappa shape index (κ2) is 7.94. The van der Waals surface area contributed by atoms with Gasteiger partial charge in [0.2, 0.25) is 5.91 Å². The summed E-state index contributed by atoms with van der Waals surface area (Å²) in [4.78, 5) is 25.6. The minimum absolute atomic E-state index is 0.0157. The van der Waals surface area contributed by atoms with Crippen molar-refractivity contribution in [2.24, 2.45) is 0 Å². The maximum atomic E-state index is 13.2. The zero-order valence-electron chi connectivity index (χ0n) is 17.5. The highest BCUT2D eigenvalue weighted by Gasteiger charge is 2.31. The first-order chi connectivity index (χ1) is 15.6. The van der Waals surface area contributed by atoms with Crippen LogP contribution in [0.1, 0.15) is 28.5 Å². The summed E-state index contributed by atoms with van der Waals surface area (Å²) in [5.74, 6) is -0.601. The first kappa shape index (κ1) is 21.8. The second-order valence-electron chi connectivity index (χ2n) is 7.24. The van der Waals surface area contributed by atoms with Gasteiger partial charge in [-0.3, -0.25) is 9.36 Å². The maximum Gasteiger partial charge on any atom is 0.416 e. The third kappa shape index (κ3) is 3.74. The molecule has 33 heavy (non-hydrogen) atoms. The summed E-state index contributed by atoms with van der Waals surface area (Å²) in [5, 5.41) is 13.3. The van der Waals surface area contributed by atoms with E-state index in [9.17, 15) is 22.8 Å². The third-order valence-electron chi connectivity index (χ3n) is 5.16. The van der Waals surface area contributed by atoms with Gasteiger partial charge >= 0.3 is 11.9 Å². The van der Waals surface area contributed by atoms with E-state index in [1.807, 2.05) is 6.07 Å². The third-order valence-corrected chi connectivity index (χ3v) is 5.16. The van der Waals surface area contributed by atoms with Crippen molar-refractivity contribution in [2.75, 3.05) is 0 Å². The van der Waals surface area contributed by atoms with Crippen molar-refractivity contribution >= 4 is 5.91 Å². The van der Waals surface area contributed by atoms with Crippen LogP contribution in [0, 0.1) is 18.3 Å². The fourth-order valence-electron chi connectivity index (χ4n) is 3.69. The SMILES string of the molecule is CC(=O)n1c(-c2ccnn2-c2ccc(C#N)cc2)c(C)n(-c2cccc(C(F)(F)F)c2)c1=O. The Labute approximate surface area is 185 Å². The number of nitrogens with zero attached hydrogens (tertiary/aromatic N) is 5. The van der Waals surface area contributed by atoms with Crippen molar-refractivity contribution in [3.05, 3.63) is 88.1 Å². The first-order valence-electron chi connectivity index (χ1n) is 9.71. The van der Waals surface area contributed by atoms with Crippen LogP contribution in [0.25, 0.3) is 22.8 Å². The Hall–Kier alpha value is -4.39. The lowest BCUT2D eigenvalue weighted by Crippen LogP contribution is -2.27. The van der Waals surface area contributed by atoms with Gasteiger partial charge in [-0.1, -0.05) is 6.07 Å². The molecule has 7 nitrogen and oxygen atoms in total. The van der Waals surface area contributed by atoms with Crippen molar-refractivity contribution in [1.82, 2.24) is 18.9 Å². The molecule has 0 atom stereocenters. The maximum absolute atomic E-state index is 13.2. The molecule has 0 unspecified atom stereocenters. The van der Waals surface area contributed by atoms with Crippen LogP contribution < -0.4 is 5.69 Å². The fraction of sp³-hybridized carbons (Fsp3) is 0.130. The molecule has 0 aliphatic carbocycles. The molecule has 0 radical (unpaired) electrons. The van der Waals surface area contributed by atoms with Gasteiger partial charge in [0.25, 0.3) is 0 Å². The largest absolute Gasteiger partial charge is 0.416 e. The molecule has 0 aliphatic rings. The van der Waals surface area contributed by atoms with Crippen LogP contribution in [0.15, 0.2) is 65.6 Å². The molecule has 0 aliphatic heterocycles. The first-order valence-corrected chi connectivity index (χ1v) is 9.71. The Morgan fingerprint density at radius 1 is 1.06 bits per heavy atom. The summed E-state index contributed by atoms with van der Waals surface area (Å²) in [6, 6.07) is 14.5. The van der Waals surface area contributed by atoms with E-state index in [1.54, 1.807) is 37.3 Å². The van der Waals surface area contributed by atoms with Crippen molar-refractivity contribution in [1.29, 1.82) is 5.26 Å². The van der Waals surface area contributed by atoms with Gasteiger partial charge in [0.15, 0.2) is 0 Å². The molecule has 0 N–H and O–H groups in total. The highest BCUT2D eigenvalue weighted by molar-refractivity contribution is 5.82. The molecule has 2 aromatic carbocycles. The molecule has 4 rings (SSSR count). The normalized spacial score (nSPS) is 11.4. The van der Waals surface area contributed by atoms with Crippen LogP contribution in [0.4, 0.5) is 13.2 Å². The Balaban J connectivity index is 1.96. The van der Waals surface area contributed by atoms with E-state index in [-0.39, 0.29) is 17.1 Å². The zero-order valence-corrected chi connectivity index (χ0v) is 17.5. The summed E-state index contributed by atoms with van der Waals surface area (Å²) in [7, 11) is 0. The number of hydrogen-bond donors (Lipinski definition) is 0. The summed E-state index contributed by atoms with van der Waals surface area (Å²) in [5.41, 5.74) is 0.153. The Morgan fingerprint density at radius 3 is 2.36 bits per heavy atom. The molecule has 4 aromatic rings. The average Bonchev–Trinajstić information content (AvgIpc) is 3.35. The monoisotopic (exact) mass is 451 g/mol. The molecule has 2 aromatic heterocycles. The topological polar surface area (TPSA) is 85.6 Å². The lowest BCUT2D eigenvalue weighted by molar-refractivity contribution is -0.137. The predicted octanol–water partition coefficient (Wildman–Crippen LogP) is 4.35. The van der Waals surface area contributed by atoms with Crippen LogP contribution in [0.3, 0.4) is 0 Å². The molecule has 0 saturated heterocycles. The number of rotatable bonds is 3. The van der Waals surface area contributed by atoms with Gasteiger partial charge in [-0.05, 0) is 55.5 Å². The standard InChI is InChI=1S/C23H16F3N5O2/c1-14-21(20-10-11-28-31(20)18-8-6-16(13-27)7-9-18)30(15(2)32)22(33)29(14)19-5-3-4-17(12-19)23(24,25)26/h3-12H,1-2H3. The predicted molar refractivity (Wildman–Crippen MR) is 113 cm³/mol. The molecule has 0 spiro atoms.